The van der Waals surface area contributed by atoms with Gasteiger partial charge in [0, 0.05) is 10.6 Å². The fraction of sp³-hybridized carbons (Fsp3) is 0.385. The van der Waals surface area contributed by atoms with E-state index in [2.05, 4.69) is 20.8 Å². The Hall–Kier alpha value is -3.43. The van der Waals surface area contributed by atoms with Gasteiger partial charge in [-0.1, -0.05) is 48.0 Å². The van der Waals surface area contributed by atoms with Gasteiger partial charge in [-0.25, -0.2) is 4.79 Å². The lowest BCUT2D eigenvalue weighted by Crippen LogP contribution is -2.56. The van der Waals surface area contributed by atoms with Crippen LogP contribution in [0.5, 0.6) is 0 Å². The van der Waals surface area contributed by atoms with Gasteiger partial charge >= 0.3 is 6.09 Å². The van der Waals surface area contributed by atoms with Crippen LogP contribution in [0.4, 0.5) is 4.79 Å². The third-order valence-electron chi connectivity index (χ3n) is 4.89. The SMILES string of the molecule is CC(C)(C)OC(=O)NC(C)(C)C(=O)N[C@H](COCc1ccccc1)c1nnc(-c2cccc(Cl)c2)o1. The number of amides is 2. The smallest absolute Gasteiger partial charge is 0.408 e. The largest absolute Gasteiger partial charge is 0.444 e. The van der Waals surface area contributed by atoms with Crippen LogP contribution in [-0.4, -0.2) is 39.9 Å². The number of hydrogen-bond donors (Lipinski definition) is 2. The van der Waals surface area contributed by atoms with Crippen molar-refractivity contribution >= 4 is 23.6 Å². The third-order valence-corrected chi connectivity index (χ3v) is 5.13. The van der Waals surface area contributed by atoms with Crippen molar-refractivity contribution in [1.29, 1.82) is 0 Å². The Morgan fingerprint density at radius 1 is 1.03 bits per heavy atom. The molecule has 0 bridgehead atoms. The van der Waals surface area contributed by atoms with Crippen LogP contribution in [-0.2, 0) is 20.9 Å². The van der Waals surface area contributed by atoms with Crippen LogP contribution in [0.1, 0.15) is 52.1 Å². The highest BCUT2D eigenvalue weighted by molar-refractivity contribution is 6.30. The summed E-state index contributed by atoms with van der Waals surface area (Å²) in [6.45, 7) is 8.74. The molecule has 0 spiro atoms. The van der Waals surface area contributed by atoms with Crippen LogP contribution in [0.25, 0.3) is 11.5 Å². The number of carbonyl (C=O) groups excluding carboxylic acids is 2. The van der Waals surface area contributed by atoms with E-state index < -0.39 is 29.2 Å². The zero-order valence-electron chi connectivity index (χ0n) is 21.0. The molecule has 2 aromatic carbocycles. The monoisotopic (exact) mass is 514 g/mol. The molecule has 1 heterocycles. The maximum atomic E-state index is 13.2. The van der Waals surface area contributed by atoms with Gasteiger partial charge in [-0.05, 0) is 58.4 Å². The molecule has 9 nitrogen and oxygen atoms in total. The van der Waals surface area contributed by atoms with Gasteiger partial charge in [-0.3, -0.25) is 4.79 Å². The van der Waals surface area contributed by atoms with Crippen molar-refractivity contribution in [3.8, 4) is 11.5 Å². The van der Waals surface area contributed by atoms with Gasteiger partial charge in [0.1, 0.15) is 17.2 Å². The van der Waals surface area contributed by atoms with Crippen molar-refractivity contribution in [2.45, 2.75) is 58.4 Å². The molecule has 2 N–H and O–H groups in total. The number of benzene rings is 2. The molecule has 0 aliphatic heterocycles. The van der Waals surface area contributed by atoms with Gasteiger partial charge in [0.25, 0.3) is 0 Å². The third kappa shape index (κ3) is 8.07. The summed E-state index contributed by atoms with van der Waals surface area (Å²) < 4.78 is 17.0. The zero-order valence-corrected chi connectivity index (χ0v) is 21.8. The highest BCUT2D eigenvalue weighted by Crippen LogP contribution is 2.24. The summed E-state index contributed by atoms with van der Waals surface area (Å²) in [4.78, 5) is 25.4. The molecule has 2 amide bonds. The Morgan fingerprint density at radius 3 is 2.42 bits per heavy atom. The highest BCUT2D eigenvalue weighted by Gasteiger charge is 2.34. The van der Waals surface area contributed by atoms with Crippen molar-refractivity contribution in [3.63, 3.8) is 0 Å². The van der Waals surface area contributed by atoms with Gasteiger partial charge in [0.2, 0.25) is 17.7 Å². The van der Waals surface area contributed by atoms with Gasteiger partial charge in [0.15, 0.2) is 0 Å². The molecule has 1 aromatic heterocycles. The van der Waals surface area contributed by atoms with E-state index in [1.54, 1.807) is 58.9 Å². The Morgan fingerprint density at radius 2 is 1.75 bits per heavy atom. The van der Waals surface area contributed by atoms with Crippen molar-refractivity contribution in [1.82, 2.24) is 20.8 Å². The minimum Gasteiger partial charge on any atom is -0.444 e. The second-order valence-electron chi connectivity index (χ2n) is 9.73. The van der Waals surface area contributed by atoms with E-state index in [0.717, 1.165) is 5.56 Å². The number of halogens is 1. The molecule has 0 saturated heterocycles. The fourth-order valence-electron chi connectivity index (χ4n) is 3.11. The average molecular weight is 515 g/mol. The van der Waals surface area contributed by atoms with Crippen LogP contribution in [0.15, 0.2) is 59.0 Å². The maximum absolute atomic E-state index is 13.2. The van der Waals surface area contributed by atoms with E-state index in [1.807, 2.05) is 30.3 Å². The first-order valence-electron chi connectivity index (χ1n) is 11.5. The van der Waals surface area contributed by atoms with Gasteiger partial charge in [0.05, 0.1) is 13.2 Å². The second-order valence-corrected chi connectivity index (χ2v) is 10.2. The maximum Gasteiger partial charge on any atom is 0.408 e. The Labute approximate surface area is 215 Å². The first kappa shape index (κ1) is 27.2. The standard InChI is InChI=1S/C26H31ClN4O5/c1-25(2,3)36-24(33)29-26(4,5)23(32)28-20(16-34-15-17-10-7-6-8-11-17)22-31-30-21(35-22)18-12-9-13-19(27)14-18/h6-14,20H,15-16H2,1-5H3,(H,28,32)(H,29,33)/t20-/m1/s1. The van der Waals surface area contributed by atoms with Crippen LogP contribution in [0.3, 0.4) is 0 Å². The van der Waals surface area contributed by atoms with Crippen molar-refractivity contribution in [2.24, 2.45) is 0 Å². The van der Waals surface area contributed by atoms with E-state index in [-0.39, 0.29) is 18.4 Å². The topological polar surface area (TPSA) is 116 Å². The summed E-state index contributed by atoms with van der Waals surface area (Å²) in [5.74, 6) is -0.0791. The normalized spacial score (nSPS) is 12.6. The lowest BCUT2D eigenvalue weighted by Gasteiger charge is -2.29. The quantitative estimate of drug-likeness (QED) is 0.409. The fourth-order valence-corrected chi connectivity index (χ4v) is 3.30. The summed E-state index contributed by atoms with van der Waals surface area (Å²) in [6.07, 6.45) is -0.708. The first-order valence-corrected chi connectivity index (χ1v) is 11.8. The predicted octanol–water partition coefficient (Wildman–Crippen LogP) is 5.07. The minimum absolute atomic E-state index is 0.0559. The molecule has 3 rings (SSSR count). The second kappa shape index (κ2) is 11.5. The van der Waals surface area contributed by atoms with E-state index in [1.165, 1.54) is 0 Å². The van der Waals surface area contributed by atoms with Crippen molar-refractivity contribution < 1.29 is 23.5 Å². The molecule has 0 fully saturated rings. The summed E-state index contributed by atoms with van der Waals surface area (Å²) in [6, 6.07) is 15.8. The Kier molecular flexibility index (Phi) is 8.70. The Bertz CT molecular complexity index is 1170. The van der Waals surface area contributed by atoms with Crippen LogP contribution in [0, 0.1) is 0 Å². The molecule has 0 unspecified atom stereocenters. The van der Waals surface area contributed by atoms with Gasteiger partial charge < -0.3 is 24.5 Å². The Balaban J connectivity index is 1.76. The summed E-state index contributed by atoms with van der Waals surface area (Å²) in [7, 11) is 0. The number of alkyl carbamates (subject to hydrolysis) is 1. The van der Waals surface area contributed by atoms with E-state index in [4.69, 9.17) is 25.5 Å². The molecule has 36 heavy (non-hydrogen) atoms. The molecular formula is C26H31ClN4O5. The predicted molar refractivity (Wildman–Crippen MR) is 135 cm³/mol. The molecule has 0 saturated carbocycles. The van der Waals surface area contributed by atoms with Crippen molar-refractivity contribution in [3.05, 3.63) is 71.1 Å². The van der Waals surface area contributed by atoms with E-state index in [0.29, 0.717) is 17.2 Å². The first-order chi connectivity index (χ1) is 16.9. The van der Waals surface area contributed by atoms with Crippen LogP contribution < -0.4 is 10.6 Å². The lowest BCUT2D eigenvalue weighted by atomic mass is 10.0. The van der Waals surface area contributed by atoms with Gasteiger partial charge in [-0.15, -0.1) is 10.2 Å². The van der Waals surface area contributed by atoms with E-state index in [9.17, 15) is 9.59 Å². The number of rotatable bonds is 9. The minimum atomic E-state index is -1.30. The number of nitrogens with one attached hydrogen (secondary N) is 2. The van der Waals surface area contributed by atoms with Crippen LogP contribution >= 0.6 is 11.6 Å². The highest BCUT2D eigenvalue weighted by atomic mass is 35.5. The molecule has 1 atom stereocenters. The molecule has 10 heteroatoms. The molecule has 0 radical (unpaired) electrons. The number of hydrogen-bond acceptors (Lipinski definition) is 7. The van der Waals surface area contributed by atoms with Crippen LogP contribution in [0.2, 0.25) is 5.02 Å². The average Bonchev–Trinajstić information content (AvgIpc) is 3.27. The molecule has 0 aliphatic carbocycles. The van der Waals surface area contributed by atoms with E-state index >= 15 is 0 Å². The van der Waals surface area contributed by atoms with Gasteiger partial charge in [-0.2, -0.15) is 0 Å². The number of nitrogens with zero attached hydrogens (tertiary/aromatic N) is 2. The summed E-state index contributed by atoms with van der Waals surface area (Å²) in [5.41, 5.74) is -0.385. The lowest BCUT2D eigenvalue weighted by molar-refractivity contribution is -0.128. The zero-order chi connectivity index (χ0) is 26.3. The van der Waals surface area contributed by atoms with Crippen molar-refractivity contribution in [2.75, 3.05) is 6.61 Å². The number of carbonyl (C=O) groups is 2. The summed E-state index contributed by atoms with van der Waals surface area (Å²) in [5, 5.41) is 14.2. The number of aromatic nitrogens is 2. The molecule has 3 aromatic rings. The molecule has 192 valence electrons. The summed E-state index contributed by atoms with van der Waals surface area (Å²) >= 11 is 6.08. The molecular weight excluding hydrogens is 484 g/mol. The number of ether oxygens (including phenoxy) is 2. The molecule has 0 aliphatic rings.